The van der Waals surface area contributed by atoms with Gasteiger partial charge in [-0.15, -0.1) is 0 Å². The van der Waals surface area contributed by atoms with Crippen LogP contribution in [0, 0.1) is 24.7 Å². The number of allylic oxidation sites excluding steroid dienone is 2. The average molecular weight is 384 g/mol. The third kappa shape index (κ3) is 5.56. The van der Waals surface area contributed by atoms with Crippen LogP contribution in [0.1, 0.15) is 55.8 Å². The molecule has 154 valence electrons. The molecule has 1 fully saturated rings. The van der Waals surface area contributed by atoms with Crippen LogP contribution >= 0.6 is 0 Å². The monoisotopic (exact) mass is 383 g/mol. The zero-order valence-electron chi connectivity index (χ0n) is 17.7. The molecule has 0 saturated heterocycles. The third-order valence-electron chi connectivity index (χ3n) is 6.49. The van der Waals surface area contributed by atoms with Gasteiger partial charge in [0.05, 0.1) is 12.2 Å². The number of aliphatic hydroxyl groups is 2. The molecule has 0 unspecified atom stereocenters. The first-order valence-corrected chi connectivity index (χ1v) is 10.9. The van der Waals surface area contributed by atoms with Gasteiger partial charge in [-0.2, -0.15) is 0 Å². The Morgan fingerprint density at radius 1 is 1.14 bits per heavy atom. The zero-order chi connectivity index (χ0) is 20.1. The molecule has 2 aliphatic carbocycles. The largest absolute Gasteiger partial charge is 0.392 e. The van der Waals surface area contributed by atoms with Gasteiger partial charge in [-0.25, -0.2) is 0 Å². The van der Waals surface area contributed by atoms with E-state index in [1.165, 1.54) is 37.8 Å². The van der Waals surface area contributed by atoms with Crippen LogP contribution < -0.4 is 0 Å². The number of fused-ring (bicyclic) bond motifs is 1. The van der Waals surface area contributed by atoms with Crippen LogP contribution in [0.15, 0.2) is 48.1 Å². The average Bonchev–Trinajstić information content (AvgIpc) is 3.16. The van der Waals surface area contributed by atoms with Crippen LogP contribution in [-0.4, -0.2) is 41.9 Å². The Balaban J connectivity index is 1.50. The minimum atomic E-state index is -0.600. The lowest BCUT2D eigenvalue weighted by Crippen LogP contribution is -2.17. The molecular formula is C25H37NO2. The second kappa shape index (κ2) is 9.87. The first kappa shape index (κ1) is 21.3. The standard InChI is InChI=1S/C25H37NO2/c1-18-8-10-20(11-9-18)24(27)13-12-22-23-16-19(15-21(23)17-25(22)28)7-5-4-6-14-26(2)3/h8-13,15,21-25,27-28H,4-7,14,16-17H2,1-3H3/b13-12+/t21-,22+,23-,24+,25+/m0/s1. The Labute approximate surface area is 170 Å². The third-order valence-corrected chi connectivity index (χ3v) is 6.49. The smallest absolute Gasteiger partial charge is 0.0971 e. The summed E-state index contributed by atoms with van der Waals surface area (Å²) in [5, 5.41) is 21.0. The van der Waals surface area contributed by atoms with Gasteiger partial charge in [0, 0.05) is 5.92 Å². The molecule has 1 aromatic carbocycles. The number of aliphatic hydroxyl groups excluding tert-OH is 2. The maximum absolute atomic E-state index is 10.5. The Bertz CT molecular complexity index is 676. The molecule has 28 heavy (non-hydrogen) atoms. The minimum Gasteiger partial charge on any atom is -0.392 e. The number of benzene rings is 1. The summed E-state index contributed by atoms with van der Waals surface area (Å²) in [5.74, 6) is 1.18. The van der Waals surface area contributed by atoms with Gasteiger partial charge >= 0.3 is 0 Å². The lowest BCUT2D eigenvalue weighted by molar-refractivity contribution is 0.140. The van der Waals surface area contributed by atoms with Crippen LogP contribution in [0.3, 0.4) is 0 Å². The molecule has 0 amide bonds. The van der Waals surface area contributed by atoms with Gasteiger partial charge in [0.1, 0.15) is 0 Å². The second-order valence-corrected chi connectivity index (χ2v) is 9.09. The number of hydrogen-bond donors (Lipinski definition) is 2. The van der Waals surface area contributed by atoms with E-state index in [2.05, 4.69) is 31.1 Å². The molecular weight excluding hydrogens is 346 g/mol. The van der Waals surface area contributed by atoms with E-state index in [4.69, 9.17) is 0 Å². The number of nitrogens with zero attached hydrogens (tertiary/aromatic N) is 1. The highest BCUT2D eigenvalue weighted by Gasteiger charge is 2.43. The Kier molecular flexibility index (Phi) is 7.50. The summed E-state index contributed by atoms with van der Waals surface area (Å²) < 4.78 is 0. The molecule has 3 nitrogen and oxygen atoms in total. The summed E-state index contributed by atoms with van der Waals surface area (Å²) in [6.07, 6.45) is 12.5. The van der Waals surface area contributed by atoms with E-state index in [0.717, 1.165) is 18.4 Å². The highest BCUT2D eigenvalue weighted by atomic mass is 16.3. The van der Waals surface area contributed by atoms with Gasteiger partial charge in [0.2, 0.25) is 0 Å². The summed E-state index contributed by atoms with van der Waals surface area (Å²) in [6, 6.07) is 8.00. The summed E-state index contributed by atoms with van der Waals surface area (Å²) in [4.78, 5) is 2.25. The quantitative estimate of drug-likeness (QED) is 0.482. The maximum Gasteiger partial charge on any atom is 0.0971 e. The number of unbranched alkanes of at least 4 members (excludes halogenated alkanes) is 2. The maximum atomic E-state index is 10.5. The van der Waals surface area contributed by atoms with Crippen molar-refractivity contribution in [3.63, 3.8) is 0 Å². The van der Waals surface area contributed by atoms with Crippen molar-refractivity contribution in [2.45, 2.75) is 57.7 Å². The van der Waals surface area contributed by atoms with E-state index in [0.29, 0.717) is 11.8 Å². The number of aryl methyl sites for hydroxylation is 1. The minimum absolute atomic E-state index is 0.160. The molecule has 2 N–H and O–H groups in total. The van der Waals surface area contributed by atoms with E-state index in [9.17, 15) is 10.2 Å². The second-order valence-electron chi connectivity index (χ2n) is 9.09. The molecule has 0 heterocycles. The molecule has 0 radical (unpaired) electrons. The highest BCUT2D eigenvalue weighted by Crippen LogP contribution is 2.48. The van der Waals surface area contributed by atoms with Crippen molar-refractivity contribution in [1.82, 2.24) is 4.90 Å². The predicted octanol–water partition coefficient (Wildman–Crippen LogP) is 4.65. The van der Waals surface area contributed by atoms with Crippen LogP contribution in [0.5, 0.6) is 0 Å². The van der Waals surface area contributed by atoms with E-state index in [-0.39, 0.29) is 12.0 Å². The van der Waals surface area contributed by atoms with Gasteiger partial charge in [-0.1, -0.05) is 60.1 Å². The molecule has 2 aliphatic rings. The fraction of sp³-hybridized carbons (Fsp3) is 0.600. The van der Waals surface area contributed by atoms with Gasteiger partial charge in [0.15, 0.2) is 0 Å². The Hall–Kier alpha value is -1.42. The van der Waals surface area contributed by atoms with Crippen LogP contribution in [0.25, 0.3) is 0 Å². The van der Waals surface area contributed by atoms with Crippen molar-refractivity contribution in [3.8, 4) is 0 Å². The molecule has 3 rings (SSSR count). The van der Waals surface area contributed by atoms with Crippen molar-refractivity contribution in [1.29, 1.82) is 0 Å². The summed E-state index contributed by atoms with van der Waals surface area (Å²) >= 11 is 0. The van der Waals surface area contributed by atoms with Crippen molar-refractivity contribution < 1.29 is 10.2 Å². The number of hydrogen-bond acceptors (Lipinski definition) is 3. The van der Waals surface area contributed by atoms with Crippen LogP contribution in [0.2, 0.25) is 0 Å². The van der Waals surface area contributed by atoms with Crippen molar-refractivity contribution in [2.24, 2.45) is 17.8 Å². The van der Waals surface area contributed by atoms with Crippen molar-refractivity contribution in [3.05, 3.63) is 59.2 Å². The van der Waals surface area contributed by atoms with Crippen molar-refractivity contribution in [2.75, 3.05) is 20.6 Å². The molecule has 0 bridgehead atoms. The summed E-state index contributed by atoms with van der Waals surface area (Å²) in [5.41, 5.74) is 3.69. The van der Waals surface area contributed by atoms with E-state index in [1.54, 1.807) is 5.57 Å². The SMILES string of the molecule is Cc1ccc([C@H](O)/C=C/[C@@H]2[C@H]3CC(CCCCCN(C)C)=C[C@H]3C[C@H]2O)cc1. The Morgan fingerprint density at radius 2 is 1.89 bits per heavy atom. The number of rotatable bonds is 9. The lowest BCUT2D eigenvalue weighted by atomic mass is 9.88. The highest BCUT2D eigenvalue weighted by molar-refractivity contribution is 5.26. The Morgan fingerprint density at radius 3 is 2.61 bits per heavy atom. The fourth-order valence-corrected chi connectivity index (χ4v) is 4.86. The first-order valence-electron chi connectivity index (χ1n) is 10.9. The predicted molar refractivity (Wildman–Crippen MR) is 116 cm³/mol. The normalized spacial score (nSPS) is 28.1. The van der Waals surface area contributed by atoms with Crippen LogP contribution in [0.4, 0.5) is 0 Å². The van der Waals surface area contributed by atoms with Gasteiger partial charge in [-0.3, -0.25) is 0 Å². The molecule has 1 saturated carbocycles. The van der Waals surface area contributed by atoms with E-state index >= 15 is 0 Å². The molecule has 0 aliphatic heterocycles. The lowest BCUT2D eigenvalue weighted by Gasteiger charge is -2.19. The molecule has 0 aromatic heterocycles. The summed E-state index contributed by atoms with van der Waals surface area (Å²) in [7, 11) is 4.27. The van der Waals surface area contributed by atoms with Crippen molar-refractivity contribution >= 4 is 0 Å². The molecule has 1 aromatic rings. The van der Waals surface area contributed by atoms with Gasteiger partial charge in [-0.05, 0) is 77.1 Å². The fourth-order valence-electron chi connectivity index (χ4n) is 4.86. The van der Waals surface area contributed by atoms with E-state index < -0.39 is 6.10 Å². The molecule has 3 heteroatoms. The topological polar surface area (TPSA) is 43.7 Å². The van der Waals surface area contributed by atoms with Gasteiger partial charge in [0.25, 0.3) is 0 Å². The van der Waals surface area contributed by atoms with Gasteiger partial charge < -0.3 is 15.1 Å². The van der Waals surface area contributed by atoms with Crippen LogP contribution in [-0.2, 0) is 0 Å². The summed E-state index contributed by atoms with van der Waals surface area (Å²) in [6.45, 7) is 3.22. The van der Waals surface area contributed by atoms with E-state index in [1.807, 2.05) is 37.3 Å². The first-order chi connectivity index (χ1) is 13.4. The molecule has 0 spiro atoms. The zero-order valence-corrected chi connectivity index (χ0v) is 17.7. The molecule has 5 atom stereocenters.